The van der Waals surface area contributed by atoms with Crippen LogP contribution in [0.2, 0.25) is 0 Å². The van der Waals surface area contributed by atoms with Gasteiger partial charge in [0.2, 0.25) is 0 Å². The molecular weight excluding hydrogens is 466 g/mol. The molecule has 0 atom stereocenters. The van der Waals surface area contributed by atoms with E-state index in [1.165, 1.54) is 7.11 Å². The van der Waals surface area contributed by atoms with Crippen LogP contribution in [0.4, 0.5) is 0 Å². The van der Waals surface area contributed by atoms with Crippen LogP contribution in [0.1, 0.15) is 11.1 Å². The summed E-state index contributed by atoms with van der Waals surface area (Å²) in [5, 5.41) is 0. The van der Waals surface area contributed by atoms with E-state index in [9.17, 15) is 4.79 Å². The monoisotopic (exact) mass is 501 g/mol. The molecule has 0 spiro atoms. The van der Waals surface area contributed by atoms with E-state index in [1.807, 2.05) is 36.4 Å². The number of esters is 1. The Balaban J connectivity index is 1.68. The van der Waals surface area contributed by atoms with Crippen LogP contribution in [0.5, 0.6) is 11.5 Å². The highest BCUT2D eigenvalue weighted by Gasteiger charge is 2.40. The number of rotatable bonds is 1. The number of hydrogen-bond donors (Lipinski definition) is 1. The first-order chi connectivity index (χ1) is 17.6. The maximum absolute atomic E-state index is 12.8. The average Bonchev–Trinajstić information content (AvgIpc) is 3.02. The Kier molecular flexibility index (Phi) is 9.54. The van der Waals surface area contributed by atoms with Crippen molar-refractivity contribution in [2.45, 2.75) is 18.4 Å². The second-order valence-corrected chi connectivity index (χ2v) is 8.73. The lowest BCUT2D eigenvalue weighted by molar-refractivity contribution is -0.147. The van der Waals surface area contributed by atoms with Gasteiger partial charge < -0.3 is 38.9 Å². The normalized spacial score (nSPS) is 19.5. The summed E-state index contributed by atoms with van der Waals surface area (Å²) in [4.78, 5) is 12.8. The molecule has 0 saturated carbocycles. The van der Waals surface area contributed by atoms with Crippen LogP contribution >= 0.6 is 0 Å². The Morgan fingerprint density at radius 2 is 1.08 bits per heavy atom. The molecule has 0 amide bonds. The fraction of sp³-hybridized carbons (Fsp3) is 0.519. The number of benzene rings is 2. The molecule has 2 aromatic carbocycles. The van der Waals surface area contributed by atoms with Gasteiger partial charge in [-0.15, -0.1) is 0 Å². The second kappa shape index (κ2) is 13.0. The third kappa shape index (κ3) is 6.54. The van der Waals surface area contributed by atoms with Crippen LogP contribution < -0.4 is 15.2 Å². The highest BCUT2D eigenvalue weighted by molar-refractivity contribution is 5.88. The molecule has 2 N–H and O–H groups in total. The number of ether oxygens (including phenoxy) is 7. The van der Waals surface area contributed by atoms with Gasteiger partial charge in [-0.05, 0) is 23.3 Å². The van der Waals surface area contributed by atoms with Crippen molar-refractivity contribution in [3.05, 3.63) is 47.5 Å². The van der Waals surface area contributed by atoms with Gasteiger partial charge in [-0.2, -0.15) is 0 Å². The summed E-state index contributed by atoms with van der Waals surface area (Å²) in [7, 11) is 1.36. The van der Waals surface area contributed by atoms with Crippen LogP contribution in [-0.4, -0.2) is 84.7 Å². The predicted molar refractivity (Wildman–Crippen MR) is 132 cm³/mol. The molecule has 4 rings (SSSR count). The van der Waals surface area contributed by atoms with E-state index in [0.29, 0.717) is 90.4 Å². The first-order valence-corrected chi connectivity index (χ1v) is 12.3. The maximum Gasteiger partial charge on any atom is 0.326 e. The molecule has 0 unspecified atom stereocenters. The van der Waals surface area contributed by atoms with E-state index in [0.717, 1.165) is 22.3 Å². The third-order valence-electron chi connectivity index (χ3n) is 6.17. The van der Waals surface area contributed by atoms with Gasteiger partial charge in [0.1, 0.15) is 30.3 Å². The predicted octanol–water partition coefficient (Wildman–Crippen LogP) is 2.16. The van der Waals surface area contributed by atoms with Gasteiger partial charge >= 0.3 is 5.97 Å². The van der Waals surface area contributed by atoms with Crippen molar-refractivity contribution in [3.63, 3.8) is 0 Å². The van der Waals surface area contributed by atoms with E-state index < -0.39 is 11.5 Å². The molecule has 9 nitrogen and oxygen atoms in total. The molecule has 1 heterocycles. The summed E-state index contributed by atoms with van der Waals surface area (Å²) in [5.74, 6) is 0.908. The Hall–Kier alpha value is -2.69. The second-order valence-electron chi connectivity index (χ2n) is 8.73. The van der Waals surface area contributed by atoms with E-state index in [-0.39, 0.29) is 0 Å². The van der Waals surface area contributed by atoms with Gasteiger partial charge in [0.25, 0.3) is 0 Å². The molecule has 2 aliphatic rings. The Labute approximate surface area is 211 Å². The number of hydrogen-bond acceptors (Lipinski definition) is 9. The zero-order valence-corrected chi connectivity index (χ0v) is 20.8. The molecule has 0 bridgehead atoms. The summed E-state index contributed by atoms with van der Waals surface area (Å²) in [6, 6.07) is 11.6. The Morgan fingerprint density at radius 3 is 1.47 bits per heavy atom. The quantitative estimate of drug-likeness (QED) is 0.588. The van der Waals surface area contributed by atoms with Gasteiger partial charge in [-0.3, -0.25) is 4.79 Å². The minimum absolute atomic E-state index is 0.303. The van der Waals surface area contributed by atoms with Crippen LogP contribution in [0.15, 0.2) is 36.4 Å². The lowest BCUT2D eigenvalue weighted by atomic mass is 9.88. The van der Waals surface area contributed by atoms with E-state index in [4.69, 9.17) is 38.9 Å². The van der Waals surface area contributed by atoms with Crippen molar-refractivity contribution >= 4 is 5.97 Å². The van der Waals surface area contributed by atoms with Crippen molar-refractivity contribution < 1.29 is 38.0 Å². The SMILES string of the molecule is COC(=O)C1(N)Cc2cccc3c2-c2c(cccc2OCCOCCOCCOCCOCCO3)C1. The van der Waals surface area contributed by atoms with Crippen LogP contribution in [-0.2, 0) is 41.3 Å². The first-order valence-electron chi connectivity index (χ1n) is 12.3. The fourth-order valence-electron chi connectivity index (χ4n) is 4.53. The van der Waals surface area contributed by atoms with Crippen molar-refractivity contribution in [2.24, 2.45) is 5.73 Å². The molecule has 2 aromatic rings. The third-order valence-corrected chi connectivity index (χ3v) is 6.17. The first kappa shape index (κ1) is 26.4. The molecule has 0 radical (unpaired) electrons. The lowest BCUT2D eigenvalue weighted by Gasteiger charge is -2.25. The Bertz CT molecular complexity index is 942. The molecule has 0 fully saturated rings. The topological polar surface area (TPSA) is 108 Å². The summed E-state index contributed by atoms with van der Waals surface area (Å²) in [6.07, 6.45) is 0.606. The number of carbonyl (C=O) groups is 1. The molecule has 196 valence electrons. The van der Waals surface area contributed by atoms with Crippen molar-refractivity contribution in [2.75, 3.05) is 73.2 Å². The number of methoxy groups -OCH3 is 1. The van der Waals surface area contributed by atoms with Gasteiger partial charge in [0.15, 0.2) is 0 Å². The van der Waals surface area contributed by atoms with Crippen LogP contribution in [0, 0.1) is 0 Å². The Morgan fingerprint density at radius 1 is 0.694 bits per heavy atom. The lowest BCUT2D eigenvalue weighted by Crippen LogP contribution is -2.52. The number of carbonyl (C=O) groups excluding carboxylic acids is 1. The van der Waals surface area contributed by atoms with Gasteiger partial charge in [-0.25, -0.2) is 0 Å². The van der Waals surface area contributed by atoms with Crippen molar-refractivity contribution in [1.82, 2.24) is 0 Å². The summed E-state index contributed by atoms with van der Waals surface area (Å²) in [5.41, 5.74) is 8.96. The number of nitrogens with two attached hydrogens (primary N) is 1. The van der Waals surface area contributed by atoms with Gasteiger partial charge in [-0.1, -0.05) is 24.3 Å². The summed E-state index contributed by atoms with van der Waals surface area (Å²) >= 11 is 0. The zero-order chi connectivity index (χ0) is 25.2. The van der Waals surface area contributed by atoms with E-state index in [2.05, 4.69) is 0 Å². The van der Waals surface area contributed by atoms with Crippen molar-refractivity contribution in [1.29, 1.82) is 0 Å². The highest BCUT2D eigenvalue weighted by atomic mass is 16.6. The molecule has 1 aliphatic carbocycles. The van der Waals surface area contributed by atoms with Gasteiger partial charge in [0.05, 0.1) is 60.0 Å². The smallest absolute Gasteiger partial charge is 0.326 e. The van der Waals surface area contributed by atoms with Crippen LogP contribution in [0.25, 0.3) is 11.1 Å². The molecule has 36 heavy (non-hydrogen) atoms. The fourth-order valence-corrected chi connectivity index (χ4v) is 4.53. The minimum Gasteiger partial charge on any atom is -0.491 e. The summed E-state index contributed by atoms with van der Waals surface area (Å²) < 4.78 is 39.8. The average molecular weight is 502 g/mol. The molecule has 0 aromatic heterocycles. The largest absolute Gasteiger partial charge is 0.491 e. The van der Waals surface area contributed by atoms with Crippen LogP contribution in [0.3, 0.4) is 0 Å². The van der Waals surface area contributed by atoms with E-state index in [1.54, 1.807) is 0 Å². The standard InChI is InChI=1S/C27H35NO8/c1-30-26(29)27(28)18-20-4-2-6-22-24(20)25-21(19-27)5-3-7-23(25)36-17-15-34-13-11-32-9-8-31-10-12-33-14-16-35-22/h2-7H,8-19,28H2,1H3. The maximum atomic E-state index is 12.8. The molecule has 9 heteroatoms. The van der Waals surface area contributed by atoms with E-state index >= 15 is 0 Å². The highest BCUT2D eigenvalue weighted by Crippen LogP contribution is 2.45. The van der Waals surface area contributed by atoms with Crippen molar-refractivity contribution in [3.8, 4) is 22.6 Å². The van der Waals surface area contributed by atoms with Gasteiger partial charge in [0, 0.05) is 24.0 Å². The zero-order valence-electron chi connectivity index (χ0n) is 20.8. The minimum atomic E-state index is -1.22. The summed E-state index contributed by atoms with van der Waals surface area (Å²) in [6.45, 7) is 4.46. The molecular formula is C27H35NO8. The molecule has 0 saturated heterocycles. The molecule has 1 aliphatic heterocycles.